The van der Waals surface area contributed by atoms with Crippen molar-refractivity contribution in [3.8, 4) is 11.5 Å². The first-order chi connectivity index (χ1) is 17.7. The lowest BCUT2D eigenvalue weighted by atomic mass is 9.95. The summed E-state index contributed by atoms with van der Waals surface area (Å²) in [5, 5.41) is 0. The highest BCUT2D eigenvalue weighted by molar-refractivity contribution is 9.10. The molecule has 0 aliphatic carbocycles. The van der Waals surface area contributed by atoms with Gasteiger partial charge in [-0.15, -0.1) is 0 Å². The van der Waals surface area contributed by atoms with Crippen LogP contribution in [0.5, 0.6) is 11.5 Å². The van der Waals surface area contributed by atoms with Crippen LogP contribution in [0.1, 0.15) is 31.0 Å². The minimum absolute atomic E-state index is 0.221. The fourth-order valence-electron chi connectivity index (χ4n) is 4.20. The Morgan fingerprint density at radius 1 is 1.16 bits per heavy atom. The Morgan fingerprint density at radius 2 is 1.84 bits per heavy atom. The number of thiazole rings is 1. The molecule has 2 heterocycles. The number of benzene rings is 2. The molecule has 3 aromatic rings. The molecule has 10 heteroatoms. The van der Waals surface area contributed by atoms with Crippen molar-refractivity contribution in [2.24, 2.45) is 4.99 Å². The Kier molecular flexibility index (Phi) is 7.89. The van der Waals surface area contributed by atoms with Crippen molar-refractivity contribution < 1.29 is 19.0 Å². The van der Waals surface area contributed by atoms with Gasteiger partial charge < -0.3 is 19.1 Å². The number of hydrogen-bond acceptors (Lipinski definition) is 8. The Labute approximate surface area is 227 Å². The normalized spacial score (nSPS) is 15.2. The van der Waals surface area contributed by atoms with Crippen LogP contribution in [0.4, 0.5) is 5.69 Å². The number of fused-ring (bicyclic) bond motifs is 1. The van der Waals surface area contributed by atoms with Crippen molar-refractivity contribution in [2.75, 3.05) is 39.8 Å². The monoisotopic (exact) mass is 585 g/mol. The van der Waals surface area contributed by atoms with Crippen LogP contribution in [0, 0.1) is 0 Å². The van der Waals surface area contributed by atoms with Gasteiger partial charge >= 0.3 is 5.97 Å². The zero-order chi connectivity index (χ0) is 26.9. The van der Waals surface area contributed by atoms with E-state index in [1.165, 1.54) is 11.3 Å². The second kappa shape index (κ2) is 10.9. The van der Waals surface area contributed by atoms with E-state index in [9.17, 15) is 9.59 Å². The van der Waals surface area contributed by atoms with Crippen molar-refractivity contribution in [3.63, 3.8) is 0 Å². The second-order valence-electron chi connectivity index (χ2n) is 8.52. The van der Waals surface area contributed by atoms with E-state index in [1.54, 1.807) is 44.8 Å². The van der Waals surface area contributed by atoms with E-state index < -0.39 is 12.0 Å². The van der Waals surface area contributed by atoms with Gasteiger partial charge in [-0.3, -0.25) is 9.36 Å². The van der Waals surface area contributed by atoms with Crippen LogP contribution in [-0.2, 0) is 9.53 Å². The molecule has 4 rings (SSSR count). The Morgan fingerprint density at radius 3 is 2.43 bits per heavy atom. The predicted molar refractivity (Wildman–Crippen MR) is 148 cm³/mol. The number of allylic oxidation sites excluding steroid dienone is 1. The van der Waals surface area contributed by atoms with Gasteiger partial charge in [-0.2, -0.15) is 0 Å². The Bertz CT molecular complexity index is 1550. The average molecular weight is 587 g/mol. The Hall–Kier alpha value is -3.37. The summed E-state index contributed by atoms with van der Waals surface area (Å²) in [5.41, 5.74) is 3.12. The van der Waals surface area contributed by atoms with E-state index in [4.69, 9.17) is 14.2 Å². The summed E-state index contributed by atoms with van der Waals surface area (Å²) in [6.45, 7) is 3.75. The van der Waals surface area contributed by atoms with Gasteiger partial charge in [-0.25, -0.2) is 9.79 Å². The molecular formula is C27H28BrN3O5S. The number of methoxy groups -OCH3 is 2. The summed E-state index contributed by atoms with van der Waals surface area (Å²) in [6.07, 6.45) is 1.77. The number of anilines is 1. The lowest BCUT2D eigenvalue weighted by Gasteiger charge is -2.25. The lowest BCUT2D eigenvalue weighted by molar-refractivity contribution is -0.139. The van der Waals surface area contributed by atoms with Gasteiger partial charge in [0.15, 0.2) is 4.80 Å². The van der Waals surface area contributed by atoms with Gasteiger partial charge in [0.25, 0.3) is 5.56 Å². The number of carbonyl (C=O) groups is 1. The standard InChI is InChI=1S/C27H28BrN3O5S/c1-7-36-26(33)23-15(2)29-27-31(24(23)16-8-10-18(11-9-16)30(3)4)25(32)22(37-27)13-17-12-19(28)21(35-6)14-20(17)34-5/h8-14,24H,7H2,1-6H3/b22-13+. The maximum atomic E-state index is 13.8. The van der Waals surface area contributed by atoms with Crippen LogP contribution in [0.2, 0.25) is 0 Å². The molecule has 0 N–H and O–H groups in total. The molecule has 194 valence electrons. The maximum absolute atomic E-state index is 13.8. The largest absolute Gasteiger partial charge is 0.496 e. The molecule has 0 saturated heterocycles. The van der Waals surface area contributed by atoms with E-state index in [2.05, 4.69) is 20.9 Å². The molecule has 0 radical (unpaired) electrons. The number of rotatable bonds is 7. The van der Waals surface area contributed by atoms with E-state index in [1.807, 2.05) is 49.3 Å². The molecule has 0 spiro atoms. The van der Waals surface area contributed by atoms with E-state index in [-0.39, 0.29) is 12.2 Å². The molecule has 0 bridgehead atoms. The molecule has 2 aromatic carbocycles. The highest BCUT2D eigenvalue weighted by Crippen LogP contribution is 2.34. The number of hydrogen-bond donors (Lipinski definition) is 0. The first-order valence-electron chi connectivity index (χ1n) is 11.6. The van der Waals surface area contributed by atoms with Crippen LogP contribution in [0.3, 0.4) is 0 Å². The molecule has 0 saturated carbocycles. The number of halogens is 1. The van der Waals surface area contributed by atoms with E-state index in [0.717, 1.165) is 15.7 Å². The highest BCUT2D eigenvalue weighted by atomic mass is 79.9. The minimum atomic E-state index is -0.668. The number of ether oxygens (including phenoxy) is 3. The first kappa shape index (κ1) is 26.7. The van der Waals surface area contributed by atoms with Crippen LogP contribution in [0.15, 0.2) is 61.9 Å². The topological polar surface area (TPSA) is 82.4 Å². The van der Waals surface area contributed by atoms with Gasteiger partial charge in [-0.05, 0) is 59.6 Å². The highest BCUT2D eigenvalue weighted by Gasteiger charge is 2.33. The van der Waals surface area contributed by atoms with Gasteiger partial charge in [0.05, 0.1) is 47.1 Å². The summed E-state index contributed by atoms with van der Waals surface area (Å²) in [4.78, 5) is 34.0. The molecular weight excluding hydrogens is 558 g/mol. The smallest absolute Gasteiger partial charge is 0.338 e. The third-order valence-corrected chi connectivity index (χ3v) is 7.64. The number of nitrogens with zero attached hydrogens (tertiary/aromatic N) is 3. The number of esters is 1. The zero-order valence-electron chi connectivity index (χ0n) is 21.5. The summed E-state index contributed by atoms with van der Waals surface area (Å²) >= 11 is 4.76. The summed E-state index contributed by atoms with van der Waals surface area (Å²) in [5.74, 6) is 0.692. The van der Waals surface area contributed by atoms with E-state index in [0.29, 0.717) is 37.7 Å². The van der Waals surface area contributed by atoms with E-state index >= 15 is 0 Å². The van der Waals surface area contributed by atoms with Gasteiger partial charge in [0.1, 0.15) is 11.5 Å². The zero-order valence-corrected chi connectivity index (χ0v) is 23.9. The SMILES string of the molecule is CCOC(=O)C1=C(C)N=c2s/c(=C/c3cc(Br)c(OC)cc3OC)c(=O)n2C1c1ccc(N(C)C)cc1. The molecule has 1 atom stereocenters. The lowest BCUT2D eigenvalue weighted by Crippen LogP contribution is -2.40. The van der Waals surface area contributed by atoms with Crippen molar-refractivity contribution in [1.29, 1.82) is 0 Å². The number of aromatic nitrogens is 1. The van der Waals surface area contributed by atoms with Crippen molar-refractivity contribution in [2.45, 2.75) is 19.9 Å². The van der Waals surface area contributed by atoms with Crippen LogP contribution in [-0.4, -0.2) is 45.5 Å². The fraction of sp³-hybridized carbons (Fsp3) is 0.296. The first-order valence-corrected chi connectivity index (χ1v) is 13.2. The van der Waals surface area contributed by atoms with Crippen LogP contribution < -0.4 is 29.3 Å². The predicted octanol–water partition coefficient (Wildman–Crippen LogP) is 3.64. The molecule has 8 nitrogen and oxygen atoms in total. The summed E-state index contributed by atoms with van der Waals surface area (Å²) in [6, 6.07) is 10.7. The van der Waals surface area contributed by atoms with Crippen LogP contribution in [0.25, 0.3) is 6.08 Å². The molecule has 1 aromatic heterocycles. The molecule has 1 aliphatic rings. The fourth-order valence-corrected chi connectivity index (χ4v) is 5.76. The molecule has 1 unspecified atom stereocenters. The average Bonchev–Trinajstić information content (AvgIpc) is 3.17. The van der Waals surface area contributed by atoms with Crippen LogP contribution >= 0.6 is 27.3 Å². The van der Waals surface area contributed by atoms with Gasteiger partial charge in [0, 0.05) is 31.4 Å². The third-order valence-electron chi connectivity index (χ3n) is 6.03. The van der Waals surface area contributed by atoms with Crippen molar-refractivity contribution in [3.05, 3.63) is 83.0 Å². The summed E-state index contributed by atoms with van der Waals surface area (Å²) < 4.78 is 19.0. The molecule has 0 fully saturated rings. The number of carbonyl (C=O) groups excluding carboxylic acids is 1. The summed E-state index contributed by atoms with van der Waals surface area (Å²) in [7, 11) is 7.05. The van der Waals surface area contributed by atoms with Crippen molar-refractivity contribution in [1.82, 2.24) is 4.57 Å². The van der Waals surface area contributed by atoms with Crippen molar-refractivity contribution >= 4 is 45.0 Å². The van der Waals surface area contributed by atoms with Gasteiger partial charge in [-0.1, -0.05) is 23.5 Å². The third kappa shape index (κ3) is 5.08. The molecule has 0 amide bonds. The maximum Gasteiger partial charge on any atom is 0.338 e. The second-order valence-corrected chi connectivity index (χ2v) is 10.4. The van der Waals surface area contributed by atoms with Gasteiger partial charge in [0.2, 0.25) is 0 Å². The quantitative estimate of drug-likeness (QED) is 0.394. The molecule has 37 heavy (non-hydrogen) atoms. The molecule has 1 aliphatic heterocycles. The minimum Gasteiger partial charge on any atom is -0.496 e. The Balaban J connectivity index is 1.95.